The van der Waals surface area contributed by atoms with Crippen LogP contribution >= 0.6 is 11.3 Å². The summed E-state index contributed by atoms with van der Waals surface area (Å²) in [7, 11) is 0. The van der Waals surface area contributed by atoms with Crippen LogP contribution in [0.25, 0.3) is 64.4 Å². The third kappa shape index (κ3) is 2.73. The van der Waals surface area contributed by atoms with Crippen molar-refractivity contribution in [2.24, 2.45) is 0 Å². The van der Waals surface area contributed by atoms with Crippen molar-refractivity contribution in [3.8, 4) is 22.5 Å². The van der Waals surface area contributed by atoms with Crippen LogP contribution in [-0.4, -0.2) is 0 Å². The molecule has 0 radical (unpaired) electrons. The fraction of sp³-hybridized carbons (Fsp3) is 0. The lowest BCUT2D eigenvalue weighted by Crippen LogP contribution is -1.96. The molecule has 2 N–H and O–H groups in total. The molecular formula is C30H19NOS. The van der Waals surface area contributed by atoms with E-state index >= 15 is 0 Å². The molecule has 3 heteroatoms. The fourth-order valence-electron chi connectivity index (χ4n) is 4.96. The minimum absolute atomic E-state index is 0.746. The minimum Gasteiger partial charge on any atom is -0.456 e. The largest absolute Gasteiger partial charge is 0.456 e. The molecular weight excluding hydrogens is 422 g/mol. The van der Waals surface area contributed by atoms with E-state index in [-0.39, 0.29) is 0 Å². The van der Waals surface area contributed by atoms with Crippen LogP contribution in [0, 0.1) is 0 Å². The predicted octanol–water partition coefficient (Wildman–Crippen LogP) is 8.87. The summed E-state index contributed by atoms with van der Waals surface area (Å²) in [5, 5.41) is 5.85. The Labute approximate surface area is 194 Å². The number of nitrogen functional groups attached to an aromatic ring is 1. The van der Waals surface area contributed by atoms with Crippen molar-refractivity contribution >= 4 is 58.9 Å². The Morgan fingerprint density at radius 2 is 1.33 bits per heavy atom. The Morgan fingerprint density at radius 3 is 2.21 bits per heavy atom. The smallest absolute Gasteiger partial charge is 0.138 e. The van der Waals surface area contributed by atoms with Gasteiger partial charge in [0.2, 0.25) is 0 Å². The first-order valence-corrected chi connectivity index (χ1v) is 11.8. The second-order valence-corrected chi connectivity index (χ2v) is 9.44. The van der Waals surface area contributed by atoms with Crippen molar-refractivity contribution < 1.29 is 4.42 Å². The molecule has 0 aliphatic carbocycles. The zero-order valence-electron chi connectivity index (χ0n) is 17.7. The van der Waals surface area contributed by atoms with E-state index in [0.29, 0.717) is 0 Å². The van der Waals surface area contributed by atoms with Crippen LogP contribution in [-0.2, 0) is 0 Å². The van der Waals surface area contributed by atoms with Crippen LogP contribution in [0.5, 0.6) is 0 Å². The first-order valence-electron chi connectivity index (χ1n) is 11.0. The van der Waals surface area contributed by atoms with Gasteiger partial charge in [0.1, 0.15) is 11.3 Å². The van der Waals surface area contributed by atoms with Crippen LogP contribution in [0.2, 0.25) is 0 Å². The van der Waals surface area contributed by atoms with Gasteiger partial charge in [-0.05, 0) is 46.7 Å². The predicted molar refractivity (Wildman–Crippen MR) is 142 cm³/mol. The van der Waals surface area contributed by atoms with Gasteiger partial charge in [-0.3, -0.25) is 0 Å². The number of benzene rings is 5. The number of hydrogen-bond acceptors (Lipinski definition) is 3. The monoisotopic (exact) mass is 441 g/mol. The minimum atomic E-state index is 0.746. The molecule has 156 valence electrons. The molecule has 0 saturated carbocycles. The van der Waals surface area contributed by atoms with E-state index in [1.54, 1.807) is 0 Å². The van der Waals surface area contributed by atoms with Gasteiger partial charge in [0.05, 0.1) is 5.69 Å². The second-order valence-electron chi connectivity index (χ2n) is 8.36. The molecule has 0 aliphatic heterocycles. The highest BCUT2D eigenvalue weighted by Gasteiger charge is 2.19. The van der Waals surface area contributed by atoms with Gasteiger partial charge in [0.25, 0.3) is 0 Å². The zero-order chi connectivity index (χ0) is 21.9. The Hall–Kier alpha value is -4.08. The number of hydrogen-bond donors (Lipinski definition) is 1. The molecule has 0 unspecified atom stereocenters. The number of para-hydroxylation sites is 1. The summed E-state index contributed by atoms with van der Waals surface area (Å²) in [5.74, 6) is 0.800. The maximum atomic E-state index is 6.98. The van der Waals surface area contributed by atoms with E-state index in [4.69, 9.17) is 10.2 Å². The van der Waals surface area contributed by atoms with Gasteiger partial charge in [-0.15, -0.1) is 11.3 Å². The summed E-state index contributed by atoms with van der Waals surface area (Å²) < 4.78 is 8.86. The maximum absolute atomic E-state index is 6.98. The van der Waals surface area contributed by atoms with Crippen molar-refractivity contribution in [2.75, 3.05) is 5.73 Å². The lowest BCUT2D eigenvalue weighted by atomic mass is 9.91. The molecule has 33 heavy (non-hydrogen) atoms. The third-order valence-corrected chi connectivity index (χ3v) is 7.59. The molecule has 0 aliphatic rings. The topological polar surface area (TPSA) is 39.2 Å². The van der Waals surface area contributed by atoms with E-state index in [0.717, 1.165) is 49.9 Å². The second kappa shape index (κ2) is 6.96. The molecule has 7 rings (SSSR count). The van der Waals surface area contributed by atoms with Crippen LogP contribution in [0.4, 0.5) is 5.69 Å². The highest BCUT2D eigenvalue weighted by Crippen LogP contribution is 2.46. The van der Waals surface area contributed by atoms with E-state index in [2.05, 4.69) is 84.9 Å². The van der Waals surface area contributed by atoms with Gasteiger partial charge in [-0.25, -0.2) is 0 Å². The van der Waals surface area contributed by atoms with Crippen LogP contribution in [0.15, 0.2) is 108 Å². The fourth-order valence-corrected chi connectivity index (χ4v) is 6.09. The van der Waals surface area contributed by atoms with Crippen LogP contribution in [0.1, 0.15) is 0 Å². The number of thiophene rings is 1. The normalized spacial score (nSPS) is 11.8. The Morgan fingerprint density at radius 1 is 0.606 bits per heavy atom. The summed E-state index contributed by atoms with van der Waals surface area (Å²) in [5.41, 5.74) is 11.7. The molecule has 0 fully saturated rings. The molecule has 0 atom stereocenters. The highest BCUT2D eigenvalue weighted by atomic mass is 32.1. The van der Waals surface area contributed by atoms with Crippen LogP contribution < -0.4 is 5.73 Å². The third-order valence-electron chi connectivity index (χ3n) is 6.45. The van der Waals surface area contributed by atoms with Gasteiger partial charge in [0, 0.05) is 36.7 Å². The van der Waals surface area contributed by atoms with Crippen molar-refractivity contribution in [1.29, 1.82) is 0 Å². The molecule has 2 heterocycles. The van der Waals surface area contributed by atoms with E-state index in [9.17, 15) is 0 Å². The molecule has 0 amide bonds. The lowest BCUT2D eigenvalue weighted by molar-refractivity contribution is 0.632. The highest BCUT2D eigenvalue weighted by molar-refractivity contribution is 7.25. The summed E-state index contributed by atoms with van der Waals surface area (Å²) in [6.45, 7) is 0. The first kappa shape index (κ1) is 18.5. The number of nitrogens with two attached hydrogens (primary N) is 1. The molecule has 0 saturated heterocycles. The van der Waals surface area contributed by atoms with Gasteiger partial charge in [-0.2, -0.15) is 0 Å². The zero-order valence-corrected chi connectivity index (χ0v) is 18.5. The number of fused-ring (bicyclic) bond motifs is 5. The molecule has 5 aromatic carbocycles. The molecule has 7 aromatic rings. The van der Waals surface area contributed by atoms with Crippen LogP contribution in [0.3, 0.4) is 0 Å². The Bertz CT molecular complexity index is 1810. The van der Waals surface area contributed by atoms with Crippen molar-refractivity contribution in [1.82, 2.24) is 0 Å². The van der Waals surface area contributed by atoms with Gasteiger partial charge in [0.15, 0.2) is 0 Å². The van der Waals surface area contributed by atoms with E-state index < -0.39 is 0 Å². The summed E-state index contributed by atoms with van der Waals surface area (Å²) in [6.07, 6.45) is 0. The Kier molecular flexibility index (Phi) is 3.90. The summed E-state index contributed by atoms with van der Waals surface area (Å²) >= 11 is 1.82. The van der Waals surface area contributed by atoms with Crippen molar-refractivity contribution in [3.63, 3.8) is 0 Å². The molecule has 2 aromatic heterocycles. The van der Waals surface area contributed by atoms with E-state index in [1.807, 2.05) is 29.5 Å². The molecule has 2 nitrogen and oxygen atoms in total. The molecule has 0 spiro atoms. The quantitative estimate of drug-likeness (QED) is 0.272. The molecule has 0 bridgehead atoms. The average molecular weight is 442 g/mol. The number of rotatable bonds is 2. The SMILES string of the molecule is Nc1c(-c2cccc3sc4ccccc4c23)cc2ccccc2c1-c1cc2ccccc2o1. The summed E-state index contributed by atoms with van der Waals surface area (Å²) in [6, 6.07) is 35.9. The van der Waals surface area contributed by atoms with Crippen molar-refractivity contribution in [2.45, 2.75) is 0 Å². The van der Waals surface area contributed by atoms with Crippen molar-refractivity contribution in [3.05, 3.63) is 103 Å². The number of anilines is 1. The first-order chi connectivity index (χ1) is 16.3. The standard InChI is InChI=1S/C30H19NOS/c31-30-23(21-12-7-15-27-28(21)22-11-4-6-14-26(22)33-27)16-18-8-1-3-10-20(18)29(30)25-17-19-9-2-5-13-24(19)32-25/h1-17H,31H2. The maximum Gasteiger partial charge on any atom is 0.138 e. The summed E-state index contributed by atoms with van der Waals surface area (Å²) in [4.78, 5) is 0. The average Bonchev–Trinajstić information content (AvgIpc) is 3.45. The Balaban J connectivity index is 1.60. The lowest BCUT2D eigenvalue weighted by Gasteiger charge is -2.15. The number of furan rings is 1. The van der Waals surface area contributed by atoms with Gasteiger partial charge >= 0.3 is 0 Å². The van der Waals surface area contributed by atoms with Gasteiger partial charge < -0.3 is 10.2 Å². The van der Waals surface area contributed by atoms with E-state index in [1.165, 1.54) is 20.2 Å². The van der Waals surface area contributed by atoms with Gasteiger partial charge in [-0.1, -0.05) is 72.8 Å².